The maximum Gasteiger partial charge on any atom is 0.496 e. The fourth-order valence-electron chi connectivity index (χ4n) is 1.82. The van der Waals surface area contributed by atoms with E-state index >= 15 is 0 Å². The summed E-state index contributed by atoms with van der Waals surface area (Å²) in [4.78, 5) is 0. The van der Waals surface area contributed by atoms with Crippen LogP contribution in [0.2, 0.25) is 10.0 Å². The highest BCUT2D eigenvalue weighted by Crippen LogP contribution is 2.37. The van der Waals surface area contributed by atoms with Crippen LogP contribution in [0, 0.1) is 11.3 Å². The minimum absolute atomic E-state index is 0.324. The first kappa shape index (κ1) is 14.7. The molecular weight excluding hydrogens is 284 g/mol. The van der Waals surface area contributed by atoms with Crippen molar-refractivity contribution in [2.45, 2.75) is 38.9 Å². The minimum Gasteiger partial charge on any atom is -0.399 e. The van der Waals surface area contributed by atoms with Gasteiger partial charge < -0.3 is 9.31 Å². The zero-order valence-corrected chi connectivity index (χ0v) is 12.8. The van der Waals surface area contributed by atoms with Crippen molar-refractivity contribution in [1.82, 2.24) is 0 Å². The van der Waals surface area contributed by atoms with Gasteiger partial charge >= 0.3 is 7.12 Å². The molecule has 2 rings (SSSR count). The lowest BCUT2D eigenvalue weighted by Gasteiger charge is -2.32. The molecule has 0 bridgehead atoms. The molecule has 0 spiro atoms. The van der Waals surface area contributed by atoms with Crippen LogP contribution in [0.3, 0.4) is 0 Å². The van der Waals surface area contributed by atoms with Crippen LogP contribution in [0.1, 0.15) is 33.3 Å². The maximum atomic E-state index is 8.99. The monoisotopic (exact) mass is 297 g/mol. The predicted octanol–water partition coefficient (Wildman–Crippen LogP) is 3.16. The first-order valence-corrected chi connectivity index (χ1v) is 6.68. The molecule has 0 aromatic heterocycles. The molecular formula is C13H14BCl2NO2. The van der Waals surface area contributed by atoms with Crippen molar-refractivity contribution in [3.8, 4) is 6.07 Å². The quantitative estimate of drug-likeness (QED) is 0.748. The number of halogens is 2. The highest BCUT2D eigenvalue weighted by atomic mass is 35.5. The van der Waals surface area contributed by atoms with Crippen LogP contribution < -0.4 is 5.46 Å². The van der Waals surface area contributed by atoms with Gasteiger partial charge in [0.15, 0.2) is 0 Å². The second-order valence-corrected chi connectivity index (χ2v) is 6.35. The summed E-state index contributed by atoms with van der Waals surface area (Å²) >= 11 is 12.2. The maximum absolute atomic E-state index is 8.99. The van der Waals surface area contributed by atoms with Crippen molar-refractivity contribution in [3.63, 3.8) is 0 Å². The van der Waals surface area contributed by atoms with Gasteiger partial charge in [-0.1, -0.05) is 23.2 Å². The van der Waals surface area contributed by atoms with E-state index in [0.29, 0.717) is 21.1 Å². The van der Waals surface area contributed by atoms with E-state index in [-0.39, 0.29) is 0 Å². The average molecular weight is 298 g/mol. The largest absolute Gasteiger partial charge is 0.496 e. The van der Waals surface area contributed by atoms with Crippen LogP contribution in [0.4, 0.5) is 0 Å². The highest BCUT2D eigenvalue weighted by Gasteiger charge is 2.52. The van der Waals surface area contributed by atoms with Crippen molar-refractivity contribution >= 4 is 35.8 Å². The van der Waals surface area contributed by atoms with Crippen LogP contribution in [0.5, 0.6) is 0 Å². The lowest BCUT2D eigenvalue weighted by Crippen LogP contribution is -2.41. The molecule has 0 aliphatic carbocycles. The third-order valence-corrected chi connectivity index (χ3v) is 4.51. The number of nitriles is 1. The second kappa shape index (κ2) is 4.68. The zero-order valence-electron chi connectivity index (χ0n) is 11.3. The molecule has 1 aromatic carbocycles. The van der Waals surface area contributed by atoms with Gasteiger partial charge in [0.1, 0.15) is 0 Å². The van der Waals surface area contributed by atoms with E-state index in [0.717, 1.165) is 0 Å². The van der Waals surface area contributed by atoms with Crippen LogP contribution in [0.15, 0.2) is 12.1 Å². The summed E-state index contributed by atoms with van der Waals surface area (Å²) in [5.41, 5.74) is 0.0927. The SMILES string of the molecule is CC1(C)OB(c2cc(C#N)cc(Cl)c2Cl)OC1(C)C. The fraction of sp³-hybridized carbons (Fsp3) is 0.462. The molecule has 0 unspecified atom stereocenters. The molecule has 1 heterocycles. The number of nitrogens with zero attached hydrogens (tertiary/aromatic N) is 1. The molecule has 1 aliphatic rings. The molecule has 1 aliphatic heterocycles. The normalized spacial score (nSPS) is 20.4. The first-order chi connectivity index (χ1) is 8.68. The van der Waals surface area contributed by atoms with Crippen LogP contribution in [-0.2, 0) is 9.31 Å². The average Bonchev–Trinajstić information content (AvgIpc) is 2.51. The molecule has 0 radical (unpaired) electrons. The second-order valence-electron chi connectivity index (χ2n) is 5.56. The topological polar surface area (TPSA) is 42.2 Å². The van der Waals surface area contributed by atoms with E-state index in [4.69, 9.17) is 37.8 Å². The van der Waals surface area contributed by atoms with Crippen LogP contribution in [0.25, 0.3) is 0 Å². The molecule has 0 N–H and O–H groups in total. The van der Waals surface area contributed by atoms with Crippen molar-refractivity contribution in [2.24, 2.45) is 0 Å². The van der Waals surface area contributed by atoms with Crippen molar-refractivity contribution in [3.05, 3.63) is 27.7 Å². The molecule has 0 atom stereocenters. The van der Waals surface area contributed by atoms with Gasteiger partial charge in [-0.3, -0.25) is 0 Å². The lowest BCUT2D eigenvalue weighted by molar-refractivity contribution is 0.00578. The van der Waals surface area contributed by atoms with E-state index in [1.165, 1.54) is 6.07 Å². The molecule has 1 fully saturated rings. The fourth-order valence-corrected chi connectivity index (χ4v) is 2.24. The Morgan fingerprint density at radius 3 is 2.11 bits per heavy atom. The summed E-state index contributed by atoms with van der Waals surface area (Å²) in [6, 6.07) is 5.22. The third-order valence-electron chi connectivity index (χ3n) is 3.69. The molecule has 3 nitrogen and oxygen atoms in total. The van der Waals surface area contributed by atoms with Gasteiger partial charge in [0, 0.05) is 5.46 Å². The van der Waals surface area contributed by atoms with Gasteiger partial charge in [-0.25, -0.2) is 0 Å². The Kier molecular flexibility index (Phi) is 3.61. The highest BCUT2D eigenvalue weighted by molar-refractivity contribution is 6.66. The molecule has 100 valence electrons. The van der Waals surface area contributed by atoms with E-state index in [1.54, 1.807) is 6.07 Å². The Balaban J connectivity index is 2.45. The Hall–Kier alpha value is -0.725. The molecule has 1 saturated heterocycles. The zero-order chi connectivity index (χ0) is 14.4. The summed E-state index contributed by atoms with van der Waals surface area (Å²) in [7, 11) is -0.622. The Morgan fingerprint density at radius 2 is 1.63 bits per heavy atom. The Bertz CT molecular complexity index is 550. The number of hydrogen-bond donors (Lipinski definition) is 0. The van der Waals surface area contributed by atoms with E-state index in [9.17, 15) is 0 Å². The van der Waals surface area contributed by atoms with Crippen LogP contribution in [-0.4, -0.2) is 18.3 Å². The van der Waals surface area contributed by atoms with E-state index in [2.05, 4.69) is 0 Å². The van der Waals surface area contributed by atoms with Crippen molar-refractivity contribution in [2.75, 3.05) is 0 Å². The van der Waals surface area contributed by atoms with Crippen molar-refractivity contribution < 1.29 is 9.31 Å². The van der Waals surface area contributed by atoms with Crippen LogP contribution >= 0.6 is 23.2 Å². The first-order valence-electron chi connectivity index (χ1n) is 5.92. The van der Waals surface area contributed by atoms with Gasteiger partial charge in [-0.05, 0) is 39.8 Å². The van der Waals surface area contributed by atoms with Crippen molar-refractivity contribution in [1.29, 1.82) is 5.26 Å². The summed E-state index contributed by atoms with van der Waals surface area (Å²) in [6.07, 6.45) is 0. The molecule has 0 amide bonds. The molecule has 0 saturated carbocycles. The van der Waals surface area contributed by atoms with Gasteiger partial charge in [0.2, 0.25) is 0 Å². The molecule has 6 heteroatoms. The summed E-state index contributed by atoms with van der Waals surface area (Å²) in [5, 5.41) is 9.68. The number of benzene rings is 1. The molecule has 19 heavy (non-hydrogen) atoms. The van der Waals surface area contributed by atoms with Gasteiger partial charge in [-0.2, -0.15) is 5.26 Å². The summed E-state index contributed by atoms with van der Waals surface area (Å²) < 4.78 is 11.8. The lowest BCUT2D eigenvalue weighted by atomic mass is 9.78. The Morgan fingerprint density at radius 1 is 1.11 bits per heavy atom. The van der Waals surface area contributed by atoms with Gasteiger partial charge in [0.25, 0.3) is 0 Å². The van der Waals surface area contributed by atoms with Gasteiger partial charge in [0.05, 0.1) is 32.9 Å². The molecule has 1 aromatic rings. The van der Waals surface area contributed by atoms with Gasteiger partial charge in [-0.15, -0.1) is 0 Å². The third kappa shape index (κ3) is 2.48. The standard InChI is InChI=1S/C13H14BCl2NO2/c1-12(2)13(3,4)19-14(18-12)9-5-8(7-17)6-10(15)11(9)16/h5-6H,1-4H3. The number of rotatable bonds is 1. The van der Waals surface area contributed by atoms with E-state index < -0.39 is 18.3 Å². The predicted molar refractivity (Wildman–Crippen MR) is 76.9 cm³/mol. The van der Waals surface area contributed by atoms with E-state index in [1.807, 2.05) is 33.8 Å². The summed E-state index contributed by atoms with van der Waals surface area (Å²) in [6.45, 7) is 7.82. The number of hydrogen-bond acceptors (Lipinski definition) is 3. The Labute approximate surface area is 123 Å². The minimum atomic E-state index is -0.622. The summed E-state index contributed by atoms with van der Waals surface area (Å²) in [5.74, 6) is 0. The smallest absolute Gasteiger partial charge is 0.399 e.